The van der Waals surface area contributed by atoms with Crippen LogP contribution in [0.5, 0.6) is 0 Å². The van der Waals surface area contributed by atoms with Gasteiger partial charge in [0.15, 0.2) is 0 Å². The minimum absolute atomic E-state index is 0.0480. The summed E-state index contributed by atoms with van der Waals surface area (Å²) in [5.74, 6) is 0.372. The fourth-order valence-corrected chi connectivity index (χ4v) is 7.61. The SMILES string of the molecule is Cc1sc2sc3cc(-c4cc(-c5ccc(CC(C)(C)C(F)(F)F)cc5)ccn4)cc(C(C)C)c3c2c1C. The molecule has 5 rings (SSSR count). The van der Waals surface area contributed by atoms with Crippen molar-refractivity contribution >= 4 is 42.2 Å². The fraction of sp³-hybridized carbons (Fsp3) is 0.323. The van der Waals surface area contributed by atoms with E-state index in [2.05, 4.69) is 45.9 Å². The zero-order valence-corrected chi connectivity index (χ0v) is 23.5. The van der Waals surface area contributed by atoms with E-state index >= 15 is 0 Å². The molecule has 0 N–H and O–H groups in total. The zero-order valence-electron chi connectivity index (χ0n) is 21.9. The number of pyridine rings is 1. The van der Waals surface area contributed by atoms with E-state index in [9.17, 15) is 13.2 Å². The van der Waals surface area contributed by atoms with Crippen molar-refractivity contribution in [3.63, 3.8) is 0 Å². The van der Waals surface area contributed by atoms with E-state index in [0.717, 1.165) is 22.4 Å². The minimum Gasteiger partial charge on any atom is -0.256 e. The topological polar surface area (TPSA) is 12.9 Å². The van der Waals surface area contributed by atoms with Crippen LogP contribution >= 0.6 is 22.7 Å². The molecule has 0 unspecified atom stereocenters. The fourth-order valence-electron chi connectivity index (χ4n) is 4.84. The molecule has 0 aliphatic heterocycles. The monoisotopic (exact) mass is 537 g/mol. The molecule has 0 aliphatic rings. The number of aryl methyl sites for hydroxylation is 2. The maximum Gasteiger partial charge on any atom is 0.394 e. The summed E-state index contributed by atoms with van der Waals surface area (Å²) in [6, 6.07) is 16.0. The van der Waals surface area contributed by atoms with E-state index < -0.39 is 11.6 Å². The molecule has 192 valence electrons. The van der Waals surface area contributed by atoms with Crippen molar-refractivity contribution in [2.24, 2.45) is 5.41 Å². The number of thiophene rings is 2. The molecule has 5 aromatic rings. The predicted molar refractivity (Wildman–Crippen MR) is 153 cm³/mol. The first-order valence-corrected chi connectivity index (χ1v) is 14.1. The van der Waals surface area contributed by atoms with Crippen molar-refractivity contribution in [3.8, 4) is 22.4 Å². The predicted octanol–water partition coefficient (Wildman–Crippen LogP) is 10.7. The van der Waals surface area contributed by atoms with Crippen LogP contribution < -0.4 is 0 Å². The average molecular weight is 538 g/mol. The lowest BCUT2D eigenvalue weighted by molar-refractivity contribution is -0.211. The second-order valence-corrected chi connectivity index (χ2v) is 13.4. The Bertz CT molecular complexity index is 1600. The van der Waals surface area contributed by atoms with Gasteiger partial charge in [-0.25, -0.2) is 0 Å². The van der Waals surface area contributed by atoms with Crippen molar-refractivity contribution in [1.82, 2.24) is 4.98 Å². The molecule has 3 aromatic heterocycles. The summed E-state index contributed by atoms with van der Waals surface area (Å²) in [5, 5.41) is 2.77. The first kappa shape index (κ1) is 25.9. The zero-order chi connectivity index (χ0) is 26.7. The molecular weight excluding hydrogens is 507 g/mol. The third-order valence-corrected chi connectivity index (χ3v) is 9.75. The molecule has 0 saturated carbocycles. The van der Waals surface area contributed by atoms with Crippen LogP contribution in [0.4, 0.5) is 13.2 Å². The number of alkyl halides is 3. The normalized spacial score (nSPS) is 12.8. The van der Waals surface area contributed by atoms with Crippen LogP contribution in [0.3, 0.4) is 0 Å². The molecule has 0 amide bonds. The van der Waals surface area contributed by atoms with Crippen molar-refractivity contribution in [2.75, 3.05) is 0 Å². The molecule has 3 heterocycles. The Balaban J connectivity index is 1.52. The number of fused-ring (bicyclic) bond motifs is 3. The summed E-state index contributed by atoms with van der Waals surface area (Å²) in [5.41, 5.74) is 5.57. The van der Waals surface area contributed by atoms with Gasteiger partial charge in [-0.3, -0.25) is 4.98 Å². The van der Waals surface area contributed by atoms with Gasteiger partial charge in [-0.15, -0.1) is 22.7 Å². The van der Waals surface area contributed by atoms with Crippen LogP contribution in [0.15, 0.2) is 54.7 Å². The highest BCUT2D eigenvalue weighted by molar-refractivity contribution is 7.41. The third-order valence-electron chi connectivity index (χ3n) is 7.32. The average Bonchev–Trinajstić information content (AvgIpc) is 3.32. The van der Waals surface area contributed by atoms with Gasteiger partial charge < -0.3 is 0 Å². The summed E-state index contributed by atoms with van der Waals surface area (Å²) < 4.78 is 42.6. The van der Waals surface area contributed by atoms with Crippen molar-refractivity contribution in [2.45, 2.75) is 60.1 Å². The Morgan fingerprint density at radius 2 is 1.54 bits per heavy atom. The molecule has 2 aromatic carbocycles. The smallest absolute Gasteiger partial charge is 0.256 e. The van der Waals surface area contributed by atoms with Gasteiger partial charge in [-0.1, -0.05) is 52.0 Å². The van der Waals surface area contributed by atoms with Gasteiger partial charge in [0.2, 0.25) is 0 Å². The van der Waals surface area contributed by atoms with Gasteiger partial charge in [0.1, 0.15) is 0 Å². The minimum atomic E-state index is -4.24. The number of benzene rings is 2. The van der Waals surface area contributed by atoms with Gasteiger partial charge in [-0.05, 0) is 78.3 Å². The molecule has 0 spiro atoms. The van der Waals surface area contributed by atoms with Gasteiger partial charge in [0, 0.05) is 32.1 Å². The van der Waals surface area contributed by atoms with Crippen molar-refractivity contribution < 1.29 is 13.2 Å². The highest BCUT2D eigenvalue weighted by Gasteiger charge is 2.46. The number of rotatable bonds is 5. The van der Waals surface area contributed by atoms with Crippen LogP contribution in [-0.4, -0.2) is 11.2 Å². The van der Waals surface area contributed by atoms with Crippen molar-refractivity contribution in [3.05, 3.63) is 76.3 Å². The van der Waals surface area contributed by atoms with E-state index in [0.29, 0.717) is 11.5 Å². The van der Waals surface area contributed by atoms with Gasteiger partial charge in [0.25, 0.3) is 0 Å². The number of hydrogen-bond donors (Lipinski definition) is 0. The molecule has 0 bridgehead atoms. The molecular formula is C31H30F3NS2. The standard InChI is InChI=1S/C31H30F3NS2/c1-17(2)24-13-23(15-26-28(24)27-18(3)19(4)36-29(27)37-26)25-14-22(11-12-35-25)21-9-7-20(8-10-21)16-30(5,6)31(32,33)34/h7-15,17H,16H2,1-6H3. The molecule has 0 atom stereocenters. The highest BCUT2D eigenvalue weighted by Crippen LogP contribution is 2.46. The molecule has 37 heavy (non-hydrogen) atoms. The molecule has 0 fully saturated rings. The highest BCUT2D eigenvalue weighted by atomic mass is 32.2. The van der Waals surface area contributed by atoms with Crippen LogP contribution in [0.2, 0.25) is 0 Å². The lowest BCUT2D eigenvalue weighted by Crippen LogP contribution is -2.34. The summed E-state index contributed by atoms with van der Waals surface area (Å²) >= 11 is 3.73. The molecule has 1 nitrogen and oxygen atoms in total. The Kier molecular flexibility index (Phi) is 6.48. The molecule has 0 aliphatic carbocycles. The summed E-state index contributed by atoms with van der Waals surface area (Å²) in [6.07, 6.45) is -2.48. The van der Waals surface area contributed by atoms with Crippen molar-refractivity contribution in [1.29, 1.82) is 0 Å². The van der Waals surface area contributed by atoms with Crippen LogP contribution in [0.1, 0.15) is 55.2 Å². The molecule has 6 heteroatoms. The van der Waals surface area contributed by atoms with E-state index in [-0.39, 0.29) is 6.42 Å². The number of aromatic nitrogens is 1. The second kappa shape index (κ2) is 9.25. The van der Waals surface area contributed by atoms with E-state index in [1.54, 1.807) is 12.1 Å². The summed E-state index contributed by atoms with van der Waals surface area (Å²) in [7, 11) is 0. The van der Waals surface area contributed by atoms with Crippen LogP contribution in [0.25, 0.3) is 41.9 Å². The van der Waals surface area contributed by atoms with Gasteiger partial charge >= 0.3 is 6.18 Å². The van der Waals surface area contributed by atoms with Gasteiger partial charge in [-0.2, -0.15) is 13.2 Å². The number of hydrogen-bond acceptors (Lipinski definition) is 3. The lowest BCUT2D eigenvalue weighted by Gasteiger charge is -2.27. The van der Waals surface area contributed by atoms with Gasteiger partial charge in [0.05, 0.1) is 15.1 Å². The largest absolute Gasteiger partial charge is 0.394 e. The van der Waals surface area contributed by atoms with Crippen LogP contribution in [-0.2, 0) is 6.42 Å². The Morgan fingerprint density at radius 3 is 2.19 bits per heavy atom. The van der Waals surface area contributed by atoms with E-state index in [1.807, 2.05) is 47.1 Å². The maximum atomic E-state index is 13.3. The second-order valence-electron chi connectivity index (χ2n) is 10.8. The maximum absolute atomic E-state index is 13.3. The Labute approximate surface area is 224 Å². The Hall–Kier alpha value is -2.70. The number of nitrogens with zero attached hydrogens (tertiary/aromatic N) is 1. The quantitative estimate of drug-likeness (QED) is 0.217. The van der Waals surface area contributed by atoms with Crippen LogP contribution in [0, 0.1) is 19.3 Å². The first-order chi connectivity index (χ1) is 17.4. The first-order valence-electron chi connectivity index (χ1n) is 12.4. The summed E-state index contributed by atoms with van der Waals surface area (Å²) in [6.45, 7) is 11.4. The third kappa shape index (κ3) is 4.70. The summed E-state index contributed by atoms with van der Waals surface area (Å²) in [4.78, 5) is 6.07. The van der Waals surface area contributed by atoms with E-state index in [4.69, 9.17) is 4.98 Å². The molecule has 0 radical (unpaired) electrons. The van der Waals surface area contributed by atoms with E-state index in [1.165, 1.54) is 49.3 Å². The molecule has 0 saturated heterocycles. The lowest BCUT2D eigenvalue weighted by atomic mass is 9.85. The number of halogens is 3. The Morgan fingerprint density at radius 1 is 0.838 bits per heavy atom.